The number of benzene rings is 2. The Kier molecular flexibility index (Phi) is 5.99. The van der Waals surface area contributed by atoms with Gasteiger partial charge in [0, 0.05) is 23.6 Å². The summed E-state index contributed by atoms with van der Waals surface area (Å²) in [7, 11) is 1.51. The van der Waals surface area contributed by atoms with Gasteiger partial charge in [-0.1, -0.05) is 12.1 Å². The van der Waals surface area contributed by atoms with Gasteiger partial charge < -0.3 is 15.4 Å². The first-order valence-electron chi connectivity index (χ1n) is 8.79. The number of hydrogen-bond donors (Lipinski definition) is 2. The van der Waals surface area contributed by atoms with E-state index in [4.69, 9.17) is 4.74 Å². The first-order chi connectivity index (χ1) is 14.0. The number of pyridine rings is 1. The van der Waals surface area contributed by atoms with Crippen LogP contribution in [0.2, 0.25) is 0 Å². The van der Waals surface area contributed by atoms with Crippen molar-refractivity contribution in [2.24, 2.45) is 0 Å². The van der Waals surface area contributed by atoms with Crippen molar-refractivity contribution in [3.05, 3.63) is 83.7 Å². The highest BCUT2D eigenvalue weighted by Crippen LogP contribution is 2.23. The molecule has 1 heterocycles. The highest BCUT2D eigenvalue weighted by atomic mass is 16.5. The summed E-state index contributed by atoms with van der Waals surface area (Å²) in [6, 6.07) is 15.0. The second-order valence-electron chi connectivity index (χ2n) is 6.20. The molecular formula is C22H19N3O4. The van der Waals surface area contributed by atoms with Crippen LogP contribution in [0, 0.1) is 0 Å². The predicted molar refractivity (Wildman–Crippen MR) is 110 cm³/mol. The van der Waals surface area contributed by atoms with E-state index in [1.807, 2.05) is 0 Å². The van der Waals surface area contributed by atoms with Crippen LogP contribution in [0.25, 0.3) is 0 Å². The van der Waals surface area contributed by atoms with Crippen LogP contribution in [0.1, 0.15) is 38.0 Å². The number of carbonyl (C=O) groups excluding carboxylic acids is 3. The molecule has 0 spiro atoms. The first-order valence-corrected chi connectivity index (χ1v) is 8.79. The van der Waals surface area contributed by atoms with E-state index in [0.717, 1.165) is 0 Å². The van der Waals surface area contributed by atoms with Crippen molar-refractivity contribution in [2.75, 3.05) is 17.7 Å². The van der Waals surface area contributed by atoms with E-state index in [-0.39, 0.29) is 16.9 Å². The summed E-state index contributed by atoms with van der Waals surface area (Å²) in [6.45, 7) is 1.47. The number of amides is 2. The van der Waals surface area contributed by atoms with Crippen LogP contribution in [0.15, 0.2) is 67.0 Å². The van der Waals surface area contributed by atoms with E-state index in [1.54, 1.807) is 48.5 Å². The van der Waals surface area contributed by atoms with E-state index < -0.39 is 11.8 Å². The SMILES string of the molecule is COc1ccccc1NC(=O)c1cncc(C(=O)Nc2ccc(C(C)=O)cc2)c1. The highest BCUT2D eigenvalue weighted by molar-refractivity contribution is 6.08. The molecule has 0 aliphatic rings. The molecule has 2 aromatic carbocycles. The molecule has 0 bridgehead atoms. The number of rotatable bonds is 6. The molecule has 0 saturated heterocycles. The van der Waals surface area contributed by atoms with Crippen LogP contribution in [0.5, 0.6) is 5.75 Å². The van der Waals surface area contributed by atoms with Crippen LogP contribution in [-0.4, -0.2) is 29.7 Å². The number of nitrogens with one attached hydrogen (secondary N) is 2. The van der Waals surface area contributed by atoms with Crippen molar-refractivity contribution >= 4 is 29.0 Å². The van der Waals surface area contributed by atoms with Gasteiger partial charge in [-0.25, -0.2) is 0 Å². The summed E-state index contributed by atoms with van der Waals surface area (Å²) in [5, 5.41) is 5.46. The number of Topliss-reactive ketones (excluding diaryl/α,β-unsaturated/α-hetero) is 1. The second kappa shape index (κ2) is 8.79. The first kappa shape index (κ1) is 19.8. The summed E-state index contributed by atoms with van der Waals surface area (Å²) in [4.78, 5) is 40.4. The molecule has 0 unspecified atom stereocenters. The predicted octanol–water partition coefficient (Wildman–Crippen LogP) is 3.80. The van der Waals surface area contributed by atoms with Gasteiger partial charge in [0.15, 0.2) is 5.78 Å². The lowest BCUT2D eigenvalue weighted by atomic mass is 10.1. The van der Waals surface area contributed by atoms with Crippen LogP contribution >= 0.6 is 0 Å². The van der Waals surface area contributed by atoms with Gasteiger partial charge in [-0.2, -0.15) is 0 Å². The standard InChI is InChI=1S/C22H19N3O4/c1-14(26)15-7-9-18(10-8-15)24-21(27)16-11-17(13-23-12-16)22(28)25-19-5-3-4-6-20(19)29-2/h3-13H,1-2H3,(H,24,27)(H,25,28). The van der Waals surface area contributed by atoms with Gasteiger partial charge in [-0.05, 0) is 49.4 Å². The Balaban J connectivity index is 1.73. The molecule has 0 atom stereocenters. The Bertz CT molecular complexity index is 1060. The van der Waals surface area contributed by atoms with Crippen molar-refractivity contribution < 1.29 is 19.1 Å². The molecule has 146 valence electrons. The number of methoxy groups -OCH3 is 1. The number of para-hydroxylation sites is 2. The summed E-state index contributed by atoms with van der Waals surface area (Å²) in [5.41, 5.74) is 2.06. The Labute approximate surface area is 167 Å². The van der Waals surface area contributed by atoms with Crippen molar-refractivity contribution in [3.8, 4) is 5.75 Å². The molecule has 2 amide bonds. The van der Waals surface area contributed by atoms with Crippen molar-refractivity contribution in [3.63, 3.8) is 0 Å². The van der Waals surface area contributed by atoms with Gasteiger partial charge in [-0.3, -0.25) is 19.4 Å². The second-order valence-corrected chi connectivity index (χ2v) is 6.20. The van der Waals surface area contributed by atoms with E-state index >= 15 is 0 Å². The monoisotopic (exact) mass is 389 g/mol. The maximum Gasteiger partial charge on any atom is 0.257 e. The van der Waals surface area contributed by atoms with Crippen LogP contribution < -0.4 is 15.4 Å². The minimum absolute atomic E-state index is 0.0548. The molecule has 2 N–H and O–H groups in total. The minimum Gasteiger partial charge on any atom is -0.495 e. The third-order valence-corrected chi connectivity index (χ3v) is 4.17. The van der Waals surface area contributed by atoms with Gasteiger partial charge in [0.05, 0.1) is 23.9 Å². The summed E-state index contributed by atoms with van der Waals surface area (Å²) < 4.78 is 5.22. The molecule has 1 aromatic heterocycles. The fourth-order valence-corrected chi connectivity index (χ4v) is 2.62. The Morgan fingerprint density at radius 1 is 0.828 bits per heavy atom. The van der Waals surface area contributed by atoms with E-state index in [9.17, 15) is 14.4 Å². The molecule has 29 heavy (non-hydrogen) atoms. The summed E-state index contributed by atoms with van der Waals surface area (Å²) >= 11 is 0. The van der Waals surface area contributed by atoms with Crippen LogP contribution in [-0.2, 0) is 0 Å². The van der Waals surface area contributed by atoms with Gasteiger partial charge in [0.1, 0.15) is 5.75 Å². The lowest BCUT2D eigenvalue weighted by Crippen LogP contribution is -2.16. The fraction of sp³-hybridized carbons (Fsp3) is 0.0909. The third kappa shape index (κ3) is 4.84. The Morgan fingerprint density at radius 2 is 1.45 bits per heavy atom. The van der Waals surface area contributed by atoms with E-state index in [1.165, 1.54) is 32.5 Å². The number of ketones is 1. The number of hydrogen-bond acceptors (Lipinski definition) is 5. The molecule has 0 aliphatic carbocycles. The normalized spacial score (nSPS) is 10.1. The highest BCUT2D eigenvalue weighted by Gasteiger charge is 2.13. The van der Waals surface area contributed by atoms with Crippen molar-refractivity contribution in [1.82, 2.24) is 4.98 Å². The molecule has 0 aliphatic heterocycles. The van der Waals surface area contributed by atoms with Crippen LogP contribution in [0.3, 0.4) is 0 Å². The third-order valence-electron chi connectivity index (χ3n) is 4.17. The molecule has 3 aromatic rings. The Morgan fingerprint density at radius 3 is 2.07 bits per heavy atom. The zero-order valence-corrected chi connectivity index (χ0v) is 15.9. The number of carbonyl (C=O) groups is 3. The van der Waals surface area contributed by atoms with Crippen molar-refractivity contribution in [1.29, 1.82) is 0 Å². The van der Waals surface area contributed by atoms with Crippen LogP contribution in [0.4, 0.5) is 11.4 Å². The molecule has 0 radical (unpaired) electrons. The minimum atomic E-state index is -0.417. The quantitative estimate of drug-likeness (QED) is 0.625. The van der Waals surface area contributed by atoms with E-state index in [2.05, 4.69) is 15.6 Å². The number of ether oxygens (including phenoxy) is 1. The zero-order chi connectivity index (χ0) is 20.8. The lowest BCUT2D eigenvalue weighted by Gasteiger charge is -2.10. The summed E-state index contributed by atoms with van der Waals surface area (Å²) in [6.07, 6.45) is 2.75. The average Bonchev–Trinajstić information content (AvgIpc) is 2.74. The maximum atomic E-state index is 12.5. The lowest BCUT2D eigenvalue weighted by molar-refractivity contribution is 0.101. The molecule has 7 nitrogen and oxygen atoms in total. The molecule has 0 saturated carbocycles. The molecule has 0 fully saturated rings. The Hall–Kier alpha value is -4.00. The smallest absolute Gasteiger partial charge is 0.257 e. The number of anilines is 2. The van der Waals surface area contributed by atoms with Gasteiger partial charge in [-0.15, -0.1) is 0 Å². The molecular weight excluding hydrogens is 370 g/mol. The number of nitrogens with zero attached hydrogens (tertiary/aromatic N) is 1. The van der Waals surface area contributed by atoms with Gasteiger partial charge >= 0.3 is 0 Å². The number of aromatic nitrogens is 1. The van der Waals surface area contributed by atoms with Gasteiger partial charge in [0.25, 0.3) is 11.8 Å². The molecule has 3 rings (SSSR count). The van der Waals surface area contributed by atoms with Crippen molar-refractivity contribution in [2.45, 2.75) is 6.92 Å². The fourth-order valence-electron chi connectivity index (χ4n) is 2.62. The summed E-state index contributed by atoms with van der Waals surface area (Å²) in [5.74, 6) is -0.361. The zero-order valence-electron chi connectivity index (χ0n) is 15.9. The van der Waals surface area contributed by atoms with E-state index in [0.29, 0.717) is 22.7 Å². The average molecular weight is 389 g/mol. The largest absolute Gasteiger partial charge is 0.495 e. The van der Waals surface area contributed by atoms with Gasteiger partial charge in [0.2, 0.25) is 0 Å². The topological polar surface area (TPSA) is 97.4 Å². The molecule has 7 heteroatoms. The maximum absolute atomic E-state index is 12.5.